The molecule has 45 heavy (non-hydrogen) atoms. The van der Waals surface area contributed by atoms with Gasteiger partial charge in [-0.1, -0.05) is 0 Å². The van der Waals surface area contributed by atoms with Gasteiger partial charge in [-0.05, 0) is 71.4 Å². The molecule has 5 aliphatic heterocycles. The van der Waals surface area contributed by atoms with Gasteiger partial charge < -0.3 is 38.7 Å². The van der Waals surface area contributed by atoms with Crippen LogP contribution in [0.5, 0.6) is 0 Å². The lowest BCUT2D eigenvalue weighted by Gasteiger charge is -2.40. The highest BCUT2D eigenvalue weighted by Gasteiger charge is 2.53. The number of fused-ring (bicyclic) bond motifs is 1. The lowest BCUT2D eigenvalue weighted by molar-refractivity contribution is -0.185. The smallest absolute Gasteiger partial charge is 0.410 e. The van der Waals surface area contributed by atoms with Gasteiger partial charge >= 0.3 is 12.1 Å². The third-order valence-electron chi connectivity index (χ3n) is 9.29. The molecule has 6 rings (SSSR count). The van der Waals surface area contributed by atoms with E-state index in [0.717, 1.165) is 43.5 Å². The minimum absolute atomic E-state index is 0.388. The average Bonchev–Trinajstić information content (AvgIpc) is 3.83. The van der Waals surface area contributed by atoms with Crippen molar-refractivity contribution in [2.24, 2.45) is 0 Å². The normalized spacial score (nSPS) is 25.7. The molecule has 6 heterocycles. The van der Waals surface area contributed by atoms with Gasteiger partial charge in [-0.3, -0.25) is 9.59 Å². The second-order valence-electron chi connectivity index (χ2n) is 13.6. The van der Waals surface area contributed by atoms with Gasteiger partial charge in [0, 0.05) is 58.9 Å². The number of nitrogens with zero attached hydrogens (tertiary/aromatic N) is 6. The fourth-order valence-corrected chi connectivity index (χ4v) is 7.07. The number of hydrogen-bond acceptors (Lipinski definition) is 11. The van der Waals surface area contributed by atoms with E-state index in [1.165, 1.54) is 25.7 Å². The predicted molar refractivity (Wildman–Crippen MR) is 167 cm³/mol. The third-order valence-corrected chi connectivity index (χ3v) is 9.29. The second kappa shape index (κ2) is 13.0. The number of carbonyl (C=O) groups is 4. The number of hydrogen-bond donors (Lipinski definition) is 0. The summed E-state index contributed by atoms with van der Waals surface area (Å²) in [6, 6.07) is 3.80. The third kappa shape index (κ3) is 6.83. The zero-order chi connectivity index (χ0) is 31.7. The van der Waals surface area contributed by atoms with Crippen LogP contribution in [0.15, 0.2) is 12.1 Å². The standard InChI is InChI=1S/C32H46N6O7/c1-32(2,3)45-28-26(40)27(22-9-8-16-38(22)30(28)41)44-25(39)21-43-31(42)37-19-17-36(18-20-37)29-23(34-12-4-5-13-34)10-11-24(33-29)35-14-6-7-15-35/h10-11,22,27-28H,4-9,12-21H2,1-3H3. The van der Waals surface area contributed by atoms with Crippen LogP contribution in [-0.2, 0) is 28.6 Å². The van der Waals surface area contributed by atoms with Crippen molar-refractivity contribution >= 4 is 41.1 Å². The topological polar surface area (TPSA) is 125 Å². The highest BCUT2D eigenvalue weighted by molar-refractivity contribution is 6.09. The van der Waals surface area contributed by atoms with Crippen molar-refractivity contribution in [3.8, 4) is 0 Å². The van der Waals surface area contributed by atoms with Crippen LogP contribution < -0.4 is 14.7 Å². The molecule has 1 aromatic heterocycles. The van der Waals surface area contributed by atoms with Crippen LogP contribution in [-0.4, -0.2) is 128 Å². The van der Waals surface area contributed by atoms with Crippen molar-refractivity contribution in [3.63, 3.8) is 0 Å². The van der Waals surface area contributed by atoms with Gasteiger partial charge in [-0.25, -0.2) is 14.6 Å². The van der Waals surface area contributed by atoms with Crippen LogP contribution >= 0.6 is 0 Å². The van der Waals surface area contributed by atoms with Gasteiger partial charge in [0.2, 0.25) is 5.78 Å². The molecule has 2 amide bonds. The summed E-state index contributed by atoms with van der Waals surface area (Å²) in [5.41, 5.74) is 0.406. The number of ether oxygens (including phenoxy) is 3. The molecule has 5 aliphatic rings. The summed E-state index contributed by atoms with van der Waals surface area (Å²) >= 11 is 0. The molecular formula is C32H46N6O7. The fourth-order valence-electron chi connectivity index (χ4n) is 7.07. The van der Waals surface area contributed by atoms with Crippen molar-refractivity contribution in [1.82, 2.24) is 14.8 Å². The van der Waals surface area contributed by atoms with Crippen LogP contribution in [0.1, 0.15) is 59.3 Å². The quantitative estimate of drug-likeness (QED) is 0.327. The summed E-state index contributed by atoms with van der Waals surface area (Å²) in [4.78, 5) is 67.2. The van der Waals surface area contributed by atoms with Crippen LogP contribution in [0.4, 0.5) is 22.1 Å². The van der Waals surface area contributed by atoms with E-state index in [1.54, 1.807) is 30.6 Å². The van der Waals surface area contributed by atoms with E-state index in [2.05, 4.69) is 26.8 Å². The molecule has 3 unspecified atom stereocenters. The van der Waals surface area contributed by atoms with Gasteiger partial charge in [0.25, 0.3) is 5.91 Å². The highest BCUT2D eigenvalue weighted by Crippen LogP contribution is 2.34. The van der Waals surface area contributed by atoms with Gasteiger partial charge in [-0.15, -0.1) is 0 Å². The maximum Gasteiger partial charge on any atom is 0.410 e. The molecular weight excluding hydrogens is 580 g/mol. The number of piperazine rings is 1. The molecule has 0 bridgehead atoms. The number of Topliss-reactive ketones (excluding diaryl/α,β-unsaturated/α-hetero) is 1. The van der Waals surface area contributed by atoms with E-state index in [1.807, 2.05) is 0 Å². The predicted octanol–water partition coefficient (Wildman–Crippen LogP) is 2.21. The first kappa shape index (κ1) is 31.4. The highest BCUT2D eigenvalue weighted by atomic mass is 16.6. The Balaban J connectivity index is 1.04. The molecule has 3 atom stereocenters. The number of esters is 1. The second-order valence-corrected chi connectivity index (χ2v) is 13.6. The first-order valence-electron chi connectivity index (χ1n) is 16.5. The molecule has 0 aromatic carbocycles. The number of ketones is 1. The summed E-state index contributed by atoms with van der Waals surface area (Å²) in [6.45, 7) is 11.3. The van der Waals surface area contributed by atoms with E-state index in [9.17, 15) is 19.2 Å². The zero-order valence-electron chi connectivity index (χ0n) is 26.7. The first-order chi connectivity index (χ1) is 21.6. The monoisotopic (exact) mass is 626 g/mol. The molecule has 0 spiro atoms. The molecule has 13 heteroatoms. The number of rotatable bonds is 7. The first-order valence-corrected chi connectivity index (χ1v) is 16.5. The molecule has 5 saturated heterocycles. The Morgan fingerprint density at radius 2 is 1.51 bits per heavy atom. The van der Waals surface area contributed by atoms with Crippen LogP contribution in [0.3, 0.4) is 0 Å². The summed E-state index contributed by atoms with van der Waals surface area (Å²) in [5, 5.41) is 0. The largest absolute Gasteiger partial charge is 0.449 e. The Labute approximate surface area is 264 Å². The van der Waals surface area contributed by atoms with Crippen LogP contribution in [0.2, 0.25) is 0 Å². The Hall–Kier alpha value is -3.61. The summed E-state index contributed by atoms with van der Waals surface area (Å²) in [5.74, 6) is 0.187. The Bertz CT molecular complexity index is 1280. The number of anilines is 3. The molecule has 0 N–H and O–H groups in total. The number of carbonyl (C=O) groups excluding carboxylic acids is 4. The number of amides is 2. The molecule has 246 valence electrons. The molecule has 5 fully saturated rings. The number of piperidine rings is 1. The van der Waals surface area contributed by atoms with Gasteiger partial charge in [-0.2, -0.15) is 0 Å². The Kier molecular flexibility index (Phi) is 9.07. The van der Waals surface area contributed by atoms with Crippen molar-refractivity contribution in [1.29, 1.82) is 0 Å². The van der Waals surface area contributed by atoms with E-state index in [4.69, 9.17) is 19.2 Å². The lowest BCUT2D eigenvalue weighted by Crippen LogP contribution is -2.63. The van der Waals surface area contributed by atoms with E-state index >= 15 is 0 Å². The van der Waals surface area contributed by atoms with Crippen LogP contribution in [0, 0.1) is 0 Å². The minimum Gasteiger partial charge on any atom is -0.449 e. The van der Waals surface area contributed by atoms with Crippen molar-refractivity contribution < 1.29 is 33.4 Å². The van der Waals surface area contributed by atoms with Crippen molar-refractivity contribution in [2.45, 2.75) is 83.1 Å². The zero-order valence-corrected chi connectivity index (χ0v) is 26.7. The molecule has 0 saturated carbocycles. The van der Waals surface area contributed by atoms with Gasteiger partial charge in [0.1, 0.15) is 5.82 Å². The minimum atomic E-state index is -1.33. The Morgan fingerprint density at radius 3 is 2.18 bits per heavy atom. The number of aromatic nitrogens is 1. The molecule has 0 radical (unpaired) electrons. The lowest BCUT2D eigenvalue weighted by atomic mass is 9.94. The van der Waals surface area contributed by atoms with Gasteiger partial charge in [0.05, 0.1) is 17.3 Å². The van der Waals surface area contributed by atoms with E-state index in [-0.39, 0.29) is 5.91 Å². The molecule has 13 nitrogen and oxygen atoms in total. The van der Waals surface area contributed by atoms with Gasteiger partial charge in [0.15, 0.2) is 24.6 Å². The summed E-state index contributed by atoms with van der Waals surface area (Å²) in [6.07, 6.45) is 2.89. The van der Waals surface area contributed by atoms with Crippen LogP contribution in [0.25, 0.3) is 0 Å². The Morgan fingerprint density at radius 1 is 0.844 bits per heavy atom. The molecule has 0 aliphatic carbocycles. The molecule has 1 aromatic rings. The van der Waals surface area contributed by atoms with E-state index < -0.39 is 48.3 Å². The summed E-state index contributed by atoms with van der Waals surface area (Å²) in [7, 11) is 0. The van der Waals surface area contributed by atoms with Crippen molar-refractivity contribution in [3.05, 3.63) is 12.1 Å². The summed E-state index contributed by atoms with van der Waals surface area (Å²) < 4.78 is 16.7. The number of pyridine rings is 1. The maximum absolute atomic E-state index is 13.2. The fraction of sp³-hybridized carbons (Fsp3) is 0.719. The average molecular weight is 627 g/mol. The SMILES string of the molecule is CC(C)(C)OC1C(=O)C(OC(=O)COC(=O)N2CCN(c3nc(N4CCCC4)ccc3N3CCCC3)CC2)C2CCCN2C1=O. The maximum atomic E-state index is 13.2. The van der Waals surface area contributed by atoms with E-state index in [0.29, 0.717) is 45.6 Å². The van der Waals surface area contributed by atoms with Crippen molar-refractivity contribution in [2.75, 3.05) is 80.2 Å².